The molecule has 0 radical (unpaired) electrons. The fourth-order valence-corrected chi connectivity index (χ4v) is 5.32. The van der Waals surface area contributed by atoms with E-state index in [1.54, 1.807) is 7.11 Å². The first-order valence-corrected chi connectivity index (χ1v) is 12.2. The van der Waals surface area contributed by atoms with Crippen molar-refractivity contribution in [1.82, 2.24) is 9.88 Å². The zero-order valence-corrected chi connectivity index (χ0v) is 19.8. The molecule has 0 bridgehead atoms. The number of halogens is 3. The topological polar surface area (TPSA) is 74.8 Å². The summed E-state index contributed by atoms with van der Waals surface area (Å²) in [6, 6.07) is 5.80. The van der Waals surface area contributed by atoms with E-state index in [9.17, 15) is 17.2 Å². The van der Waals surface area contributed by atoms with Gasteiger partial charge in [0.1, 0.15) is 16.5 Å². The molecule has 1 aromatic carbocycles. The Labute approximate surface area is 192 Å². The van der Waals surface area contributed by atoms with E-state index in [2.05, 4.69) is 28.5 Å². The second kappa shape index (κ2) is 9.86. The summed E-state index contributed by atoms with van der Waals surface area (Å²) in [4.78, 5) is 6.96. The number of pyridine rings is 1. The van der Waals surface area contributed by atoms with Crippen LogP contribution in [-0.2, 0) is 14.8 Å². The first-order chi connectivity index (χ1) is 15.1. The zero-order valence-electron chi connectivity index (χ0n) is 18.2. The second-order valence-electron chi connectivity index (χ2n) is 7.71. The molecule has 11 heteroatoms. The van der Waals surface area contributed by atoms with Gasteiger partial charge >= 0.3 is 0 Å². The van der Waals surface area contributed by atoms with Gasteiger partial charge in [0.05, 0.1) is 16.3 Å². The summed E-state index contributed by atoms with van der Waals surface area (Å²) in [5.41, 5.74) is -0.0354. The van der Waals surface area contributed by atoms with Gasteiger partial charge in [0, 0.05) is 32.8 Å². The van der Waals surface area contributed by atoms with Gasteiger partial charge in [-0.1, -0.05) is 31.5 Å². The number of methoxy groups -OCH3 is 1. The third kappa shape index (κ3) is 5.31. The van der Waals surface area contributed by atoms with Crippen molar-refractivity contribution in [3.8, 4) is 0 Å². The Morgan fingerprint density at radius 3 is 2.62 bits per heavy atom. The van der Waals surface area contributed by atoms with Crippen LogP contribution in [0, 0.1) is 11.8 Å². The molecule has 1 fully saturated rings. The lowest BCUT2D eigenvalue weighted by Crippen LogP contribution is -2.46. The average molecular weight is 489 g/mol. The van der Waals surface area contributed by atoms with E-state index < -0.39 is 32.3 Å². The van der Waals surface area contributed by atoms with Crippen LogP contribution in [0.5, 0.6) is 0 Å². The number of aromatic nitrogens is 1. The summed E-state index contributed by atoms with van der Waals surface area (Å²) in [7, 11) is -2.70. The van der Waals surface area contributed by atoms with E-state index in [1.807, 2.05) is 4.90 Å². The van der Waals surface area contributed by atoms with Crippen molar-refractivity contribution in [2.45, 2.75) is 30.8 Å². The molecule has 2 heterocycles. The molecule has 32 heavy (non-hydrogen) atoms. The molecule has 0 aliphatic carbocycles. The maximum Gasteiger partial charge on any atom is 0.266 e. The molecular weight excluding hydrogens is 462 g/mol. The monoisotopic (exact) mass is 488 g/mol. The molecule has 1 aliphatic rings. The van der Waals surface area contributed by atoms with Crippen molar-refractivity contribution >= 4 is 33.1 Å². The number of benzene rings is 1. The van der Waals surface area contributed by atoms with E-state index in [1.165, 1.54) is 12.1 Å². The van der Waals surface area contributed by atoms with Crippen LogP contribution >= 0.6 is 11.6 Å². The molecule has 1 atom stereocenters. The number of nitrogens with one attached hydrogen (secondary N) is 1. The Morgan fingerprint density at radius 2 is 2.00 bits per heavy atom. The third-order valence-electron chi connectivity index (χ3n) is 5.74. The first kappa shape index (κ1) is 24.6. The van der Waals surface area contributed by atoms with Crippen molar-refractivity contribution in [1.29, 1.82) is 0 Å². The van der Waals surface area contributed by atoms with E-state index in [4.69, 9.17) is 16.3 Å². The number of hydrogen-bond acceptors (Lipinski definition) is 6. The predicted octanol–water partition coefficient (Wildman–Crippen LogP) is 3.75. The van der Waals surface area contributed by atoms with Gasteiger partial charge in [-0.3, -0.25) is 4.72 Å². The molecule has 1 N–H and O–H groups in total. The zero-order chi connectivity index (χ0) is 23.5. The van der Waals surface area contributed by atoms with Gasteiger partial charge in [-0.15, -0.1) is 0 Å². The molecule has 176 valence electrons. The predicted molar refractivity (Wildman–Crippen MR) is 121 cm³/mol. The van der Waals surface area contributed by atoms with Gasteiger partial charge in [0.15, 0.2) is 0 Å². The fraction of sp³-hybridized carbons (Fsp3) is 0.476. The van der Waals surface area contributed by atoms with Crippen molar-refractivity contribution in [2.75, 3.05) is 49.5 Å². The molecule has 1 aromatic heterocycles. The van der Waals surface area contributed by atoms with E-state index in [0.717, 1.165) is 44.3 Å². The number of hydrogen-bond donors (Lipinski definition) is 1. The van der Waals surface area contributed by atoms with Crippen molar-refractivity contribution in [2.24, 2.45) is 0 Å². The number of rotatable bonds is 9. The molecule has 7 nitrogen and oxygen atoms in total. The summed E-state index contributed by atoms with van der Waals surface area (Å²) in [6.45, 7) is 7.75. The smallest absolute Gasteiger partial charge is 0.266 e. The van der Waals surface area contributed by atoms with Crippen molar-refractivity contribution in [3.63, 3.8) is 0 Å². The Balaban J connectivity index is 1.84. The van der Waals surface area contributed by atoms with Crippen LogP contribution in [0.3, 0.4) is 0 Å². The lowest BCUT2D eigenvalue weighted by Gasteiger charge is -2.33. The fourth-order valence-electron chi connectivity index (χ4n) is 3.89. The molecular formula is C21H27ClF2N4O3S. The highest BCUT2D eigenvalue weighted by atomic mass is 35.5. The van der Waals surface area contributed by atoms with Crippen LogP contribution in [-0.4, -0.2) is 63.7 Å². The highest BCUT2D eigenvalue weighted by molar-refractivity contribution is 7.92. The SMILES string of the molecule is CCN(CC)CC1(OC)CCN(c2cc(F)c(S(=O)(=O)Nc3cccc(F)n3)cc2Cl)C1. The number of nitrogens with zero attached hydrogens (tertiary/aromatic N) is 3. The van der Waals surface area contributed by atoms with Gasteiger partial charge in [-0.25, -0.2) is 17.8 Å². The van der Waals surface area contributed by atoms with Crippen LogP contribution in [0.1, 0.15) is 20.3 Å². The van der Waals surface area contributed by atoms with Gasteiger partial charge in [-0.2, -0.15) is 4.39 Å². The summed E-state index contributed by atoms with van der Waals surface area (Å²) in [6.07, 6.45) is 0.727. The maximum absolute atomic E-state index is 14.9. The minimum absolute atomic E-state index is 0.0914. The van der Waals surface area contributed by atoms with Crippen LogP contribution in [0.15, 0.2) is 35.2 Å². The molecule has 1 saturated heterocycles. The Bertz CT molecular complexity index is 1070. The van der Waals surface area contributed by atoms with Crippen molar-refractivity contribution in [3.05, 3.63) is 47.1 Å². The Morgan fingerprint density at radius 1 is 1.28 bits per heavy atom. The molecule has 0 spiro atoms. The number of ether oxygens (including phenoxy) is 1. The Kier molecular flexibility index (Phi) is 7.59. The lowest BCUT2D eigenvalue weighted by molar-refractivity contribution is -0.0177. The van der Waals surface area contributed by atoms with Gasteiger partial charge in [0.25, 0.3) is 10.0 Å². The van der Waals surface area contributed by atoms with Crippen LogP contribution in [0.25, 0.3) is 0 Å². The maximum atomic E-state index is 14.9. The summed E-state index contributed by atoms with van der Waals surface area (Å²) >= 11 is 6.38. The molecule has 1 unspecified atom stereocenters. The minimum Gasteiger partial charge on any atom is -0.375 e. The van der Waals surface area contributed by atoms with E-state index in [0.29, 0.717) is 18.8 Å². The number of sulfonamides is 1. The molecule has 3 rings (SSSR count). The molecule has 1 aliphatic heterocycles. The summed E-state index contributed by atoms with van der Waals surface area (Å²) < 4.78 is 61.4. The van der Waals surface area contributed by atoms with Crippen LogP contribution in [0.2, 0.25) is 5.02 Å². The summed E-state index contributed by atoms with van der Waals surface area (Å²) in [5, 5.41) is 0.0914. The standard InChI is InChI=1S/C21H27ClF2N4O3S/c1-4-27(5-2)13-21(31-3)9-10-28(14-21)17-12-16(23)18(11-15(17)22)32(29,30)26-20-8-6-7-19(24)25-20/h6-8,11-12H,4-5,9-10,13-14H2,1-3H3,(H,25,26). The largest absolute Gasteiger partial charge is 0.375 e. The quantitative estimate of drug-likeness (QED) is 0.542. The van der Waals surface area contributed by atoms with Crippen LogP contribution in [0.4, 0.5) is 20.3 Å². The Hall–Kier alpha value is -2.01. The lowest BCUT2D eigenvalue weighted by atomic mass is 10.0. The molecule has 0 saturated carbocycles. The van der Waals surface area contributed by atoms with Crippen LogP contribution < -0.4 is 9.62 Å². The third-order valence-corrected chi connectivity index (χ3v) is 7.41. The highest BCUT2D eigenvalue weighted by Crippen LogP contribution is 2.36. The van der Waals surface area contributed by atoms with Gasteiger partial charge in [0.2, 0.25) is 5.95 Å². The molecule has 0 amide bonds. The number of anilines is 2. The van der Waals surface area contributed by atoms with Gasteiger partial charge in [-0.05, 0) is 37.7 Å². The molecule has 2 aromatic rings. The highest BCUT2D eigenvalue weighted by Gasteiger charge is 2.40. The van der Waals surface area contributed by atoms with Crippen molar-refractivity contribution < 1.29 is 21.9 Å². The summed E-state index contributed by atoms with van der Waals surface area (Å²) in [5.74, 6) is -2.09. The average Bonchev–Trinajstić information content (AvgIpc) is 3.17. The number of likely N-dealkylation sites (N-methyl/N-ethyl adjacent to an activating group) is 1. The normalized spacial score (nSPS) is 19.0. The first-order valence-electron chi connectivity index (χ1n) is 10.3. The van der Waals surface area contributed by atoms with E-state index in [-0.39, 0.29) is 10.8 Å². The van der Waals surface area contributed by atoms with Gasteiger partial charge < -0.3 is 14.5 Å². The van der Waals surface area contributed by atoms with E-state index >= 15 is 0 Å². The minimum atomic E-state index is -4.36. The second-order valence-corrected chi connectivity index (χ2v) is 9.76.